The van der Waals surface area contributed by atoms with Crippen molar-refractivity contribution in [2.75, 3.05) is 52.2 Å². The number of carbonyl (C=O) groups is 4. The third kappa shape index (κ3) is 11.4. The lowest BCUT2D eigenvalue weighted by Gasteiger charge is -2.38. The summed E-state index contributed by atoms with van der Waals surface area (Å²) in [5.74, 6) is -7.95. The van der Waals surface area contributed by atoms with Gasteiger partial charge in [0.25, 0.3) is 11.7 Å². The van der Waals surface area contributed by atoms with Gasteiger partial charge in [-0.3, -0.25) is 24.2 Å². The molecule has 0 aromatic heterocycles. The third-order valence-corrected chi connectivity index (χ3v) is 15.6. The number of benzene rings is 2. The van der Waals surface area contributed by atoms with Gasteiger partial charge in [0.15, 0.2) is 5.75 Å². The summed E-state index contributed by atoms with van der Waals surface area (Å²) in [5.41, 5.74) is -0.221. The van der Waals surface area contributed by atoms with Crippen LogP contribution in [-0.4, -0.2) is 147 Å². The normalized spacial score (nSPS) is 32.2. The number of hydrogen-bond donors (Lipinski definition) is 5. The van der Waals surface area contributed by atoms with Crippen molar-refractivity contribution >= 4 is 62.7 Å². The van der Waals surface area contributed by atoms with Crippen LogP contribution in [0.2, 0.25) is 0 Å². The van der Waals surface area contributed by atoms with Gasteiger partial charge in [0, 0.05) is 117 Å². The minimum Gasteiger partial charge on any atom is -0.507 e. The number of nitrogens with one attached hydrogen (secondary N) is 1. The molecule has 0 radical (unpaired) electrons. The SMILES string of the molecule is CO[C@H]1/C=C/O[C@@]2(C)Oc3c(C)c(O)c4c(O)c(c5c(c4c3C2=O)NC2(CCN(CC(C)I)CC2)N=5)=NC(=O)/C(C)=C\C=C\[C@H](C)[C@H](O)[C@@H](C)[C@@H](O)[C@@H](C)[C@H](OC(=O)CCCC(=O)OC2CCN(C)C2)[C@@H]1C. The molecular weight excluding hydrogens is 1040 g/mol. The molecule has 2 fully saturated rings. The summed E-state index contributed by atoms with van der Waals surface area (Å²) in [4.78, 5) is 69.2. The van der Waals surface area contributed by atoms with Gasteiger partial charge in [-0.1, -0.05) is 75.4 Å². The van der Waals surface area contributed by atoms with Crippen LogP contribution in [0.3, 0.4) is 0 Å². The molecule has 2 aromatic carbocycles. The Balaban J connectivity index is 1.27. The predicted molar refractivity (Wildman–Crippen MR) is 277 cm³/mol. The van der Waals surface area contributed by atoms with Crippen LogP contribution in [0.25, 0.3) is 10.8 Å². The van der Waals surface area contributed by atoms with E-state index in [1.54, 1.807) is 53.7 Å². The largest absolute Gasteiger partial charge is 0.507 e. The number of methoxy groups -OCH3 is 1. The molecule has 8 rings (SSSR count). The number of phenolic OH excluding ortho intramolecular Hbond substituents is 2. The summed E-state index contributed by atoms with van der Waals surface area (Å²) in [6, 6.07) is 0. The van der Waals surface area contributed by atoms with Crippen LogP contribution in [0, 0.1) is 30.6 Å². The van der Waals surface area contributed by atoms with Crippen molar-refractivity contribution in [2.45, 2.75) is 140 Å². The first-order valence-corrected chi connectivity index (χ1v) is 26.4. The molecule has 19 heteroatoms. The van der Waals surface area contributed by atoms with E-state index in [2.05, 4.69) is 49.6 Å². The molecule has 0 saturated carbocycles. The van der Waals surface area contributed by atoms with Crippen molar-refractivity contribution in [3.8, 4) is 17.2 Å². The number of carbonyl (C=O) groups excluding carboxylic acids is 4. The Kier molecular flexibility index (Phi) is 17.2. The van der Waals surface area contributed by atoms with Crippen molar-refractivity contribution in [3.63, 3.8) is 0 Å². The van der Waals surface area contributed by atoms with Crippen molar-refractivity contribution in [1.82, 2.24) is 9.80 Å². The smallest absolute Gasteiger partial charge is 0.312 e. The standard InChI is InChI=1S/C53H72IN5O13/c1-27-13-11-14-28(2)51(67)55-43-42-41(56-53(57-42)19-22-59(23-20-53)25-29(3)54)38-39(47(43)65)46(64)33(7)49-40(38)50(66)52(8,72-49)69-24-18-35(68-10)30(4)48(32(6)45(63)31(5)44(27)62)71-37(61)16-12-15-36(60)70-34-17-21-58(9)26-34/h11,13-14,18,24,27,29-32,34-35,44-45,48,56,62-65H,12,15-17,19-23,25-26H2,1-10H3/b13-11+,24-18+,28-14-,55-43?/t27-,29?,30+,31+,32+,34?,35-,44-,45+,48+,52-/m0/s1. The van der Waals surface area contributed by atoms with Crippen LogP contribution in [0.1, 0.15) is 103 Å². The summed E-state index contributed by atoms with van der Waals surface area (Å²) in [6.07, 6.45) is 5.28. The number of hydrogen-bond acceptors (Lipinski definition) is 17. The Hall–Kier alpha value is -4.67. The molecule has 6 aliphatic rings. The van der Waals surface area contributed by atoms with E-state index >= 15 is 0 Å². The highest BCUT2D eigenvalue weighted by atomic mass is 127. The van der Waals surface area contributed by atoms with E-state index in [9.17, 15) is 39.6 Å². The van der Waals surface area contributed by atoms with Crippen molar-refractivity contribution in [2.24, 2.45) is 33.7 Å². The van der Waals surface area contributed by atoms with E-state index < -0.39 is 88.9 Å². The molecular formula is C53H72IN5O13. The van der Waals surface area contributed by atoms with Crippen LogP contribution in [0.15, 0.2) is 46.1 Å². The van der Waals surface area contributed by atoms with Gasteiger partial charge in [-0.15, -0.1) is 0 Å². The zero-order valence-electron chi connectivity index (χ0n) is 43.1. The topological polar surface area (TPSA) is 239 Å². The Labute approximate surface area is 434 Å². The maximum Gasteiger partial charge on any atom is 0.312 e. The lowest BCUT2D eigenvalue weighted by molar-refractivity contribution is -0.163. The number of likely N-dealkylation sites (N-methyl/N-ethyl adjacent to an activating group) is 1. The van der Waals surface area contributed by atoms with Crippen molar-refractivity contribution in [3.05, 3.63) is 58.0 Å². The van der Waals surface area contributed by atoms with Crippen molar-refractivity contribution in [1.29, 1.82) is 0 Å². The minimum absolute atomic E-state index is 0.0215. The number of anilines is 1. The van der Waals surface area contributed by atoms with Crippen LogP contribution >= 0.6 is 22.6 Å². The average Bonchev–Trinajstić information content (AvgIpc) is 4.00. The van der Waals surface area contributed by atoms with Gasteiger partial charge in [0.2, 0.25) is 0 Å². The second-order valence-corrected chi connectivity index (χ2v) is 22.9. The van der Waals surface area contributed by atoms with Crippen LogP contribution in [0.4, 0.5) is 5.69 Å². The molecule has 11 atom stereocenters. The van der Waals surface area contributed by atoms with Gasteiger partial charge >= 0.3 is 17.7 Å². The Morgan fingerprint density at radius 2 is 1.62 bits per heavy atom. The fourth-order valence-corrected chi connectivity index (χ4v) is 11.3. The lowest BCUT2D eigenvalue weighted by atomic mass is 9.78. The number of ether oxygens (including phenoxy) is 5. The number of piperidine rings is 1. The van der Waals surface area contributed by atoms with E-state index in [1.165, 1.54) is 32.4 Å². The van der Waals surface area contributed by atoms with Gasteiger partial charge in [-0.2, -0.15) is 0 Å². The Morgan fingerprint density at radius 1 is 0.944 bits per heavy atom. The number of aromatic hydroxyl groups is 2. The highest BCUT2D eigenvalue weighted by molar-refractivity contribution is 14.1. The Bertz CT molecular complexity index is 2650. The number of rotatable bonds is 9. The maximum absolute atomic E-state index is 14.9. The molecule has 394 valence electrons. The number of phenols is 2. The minimum atomic E-state index is -2.00. The first kappa shape index (κ1) is 55.1. The summed E-state index contributed by atoms with van der Waals surface area (Å²) in [7, 11) is 3.42. The number of Topliss-reactive ketones (excluding diaryl/α,β-unsaturated/α-hetero) is 1. The highest BCUT2D eigenvalue weighted by Gasteiger charge is 2.51. The molecule has 18 nitrogen and oxygen atoms in total. The van der Waals surface area contributed by atoms with E-state index in [4.69, 9.17) is 28.7 Å². The molecule has 6 heterocycles. The molecule has 2 aromatic rings. The number of nitrogens with zero attached hydrogens (tertiary/aromatic N) is 4. The first-order valence-electron chi connectivity index (χ1n) is 25.1. The van der Waals surface area contributed by atoms with Gasteiger partial charge < -0.3 is 59.2 Å². The zero-order chi connectivity index (χ0) is 52.6. The van der Waals surface area contributed by atoms with Gasteiger partial charge in [0.1, 0.15) is 40.1 Å². The van der Waals surface area contributed by atoms with Crippen molar-refractivity contribution < 1.29 is 63.3 Å². The quantitative estimate of drug-likeness (QED) is 0.0925. The van der Waals surface area contributed by atoms with Gasteiger partial charge in [-0.05, 0) is 39.8 Å². The number of esters is 2. The van der Waals surface area contributed by atoms with Crippen LogP contribution < -0.4 is 20.8 Å². The molecule has 6 aliphatic heterocycles. The number of ketones is 1. The molecule has 0 aliphatic carbocycles. The van der Waals surface area contributed by atoms with Gasteiger partial charge in [0.05, 0.1) is 41.2 Å². The number of allylic oxidation sites excluding steroid dienone is 2. The lowest BCUT2D eigenvalue weighted by Crippen LogP contribution is -2.47. The fraction of sp³-hybridized carbons (Fsp3) is 0.623. The van der Waals surface area contributed by atoms with E-state index in [0.29, 0.717) is 42.1 Å². The van der Waals surface area contributed by atoms with Gasteiger partial charge in [-0.25, -0.2) is 4.99 Å². The molecule has 2 saturated heterocycles. The number of aliphatic hydroxyl groups is 2. The molecule has 5 bridgehead atoms. The summed E-state index contributed by atoms with van der Waals surface area (Å²) in [6.45, 7) is 17.4. The summed E-state index contributed by atoms with van der Waals surface area (Å²) < 4.78 is 30.6. The fourth-order valence-electron chi connectivity index (χ4n) is 10.7. The molecule has 5 N–H and O–H groups in total. The number of fused-ring (bicyclic) bond motifs is 13. The second kappa shape index (κ2) is 22.4. The molecule has 2 unspecified atom stereocenters. The average molecular weight is 1110 g/mol. The number of halogens is 1. The van der Waals surface area contributed by atoms with E-state index in [-0.39, 0.29) is 75.1 Å². The molecule has 1 amide bonds. The van der Waals surface area contributed by atoms with Crippen LogP contribution in [-0.2, 0) is 33.3 Å². The van der Waals surface area contributed by atoms with Crippen LogP contribution in [0.5, 0.6) is 17.2 Å². The molecule has 72 heavy (non-hydrogen) atoms. The monoisotopic (exact) mass is 1110 g/mol. The molecule has 1 spiro atoms. The second-order valence-electron chi connectivity index (χ2n) is 20.8. The number of aliphatic hydroxyl groups excluding tert-OH is 2. The number of amides is 1. The number of alkyl halides is 1. The maximum atomic E-state index is 14.9. The number of likely N-dealkylation sites (tertiary alicyclic amines) is 2. The van der Waals surface area contributed by atoms with E-state index in [0.717, 1.165) is 19.5 Å². The summed E-state index contributed by atoms with van der Waals surface area (Å²) in [5, 5.41) is 51.3. The zero-order valence-corrected chi connectivity index (χ0v) is 45.2. The highest BCUT2D eigenvalue weighted by Crippen LogP contribution is 2.51. The Morgan fingerprint density at radius 3 is 2.26 bits per heavy atom. The third-order valence-electron chi connectivity index (χ3n) is 15.2. The van der Waals surface area contributed by atoms with E-state index in [1.807, 2.05) is 7.05 Å². The first-order chi connectivity index (χ1) is 34.0. The summed E-state index contributed by atoms with van der Waals surface area (Å²) >= 11 is 2.40. The predicted octanol–water partition coefficient (Wildman–Crippen LogP) is 5.31.